The molecule has 1 unspecified atom stereocenters. The molecule has 8 heteroatoms. The normalized spacial score (nSPS) is 42.3. The van der Waals surface area contributed by atoms with Gasteiger partial charge >= 0.3 is 19.5 Å². The molecule has 4 atom stereocenters. The summed E-state index contributed by atoms with van der Waals surface area (Å²) in [7, 11) is -3.70. The molecule has 0 aromatic rings. The third-order valence-electron chi connectivity index (χ3n) is 5.09. The lowest BCUT2D eigenvalue weighted by molar-refractivity contribution is -0.163. The first-order chi connectivity index (χ1) is 11.0. The molecule has 0 bridgehead atoms. The summed E-state index contributed by atoms with van der Waals surface area (Å²) in [6, 6.07) is 0. The van der Waals surface area contributed by atoms with E-state index in [1.165, 1.54) is 0 Å². The molecule has 134 valence electrons. The largest absolute Gasteiger partial charge is 0.462 e. The summed E-state index contributed by atoms with van der Waals surface area (Å²) in [5.74, 6) is -1.28. The minimum atomic E-state index is -3.70. The molecule has 2 heterocycles. The smallest absolute Gasteiger partial charge is 0.348 e. The average molecular weight is 358 g/mol. The first kappa shape index (κ1) is 17.6. The highest BCUT2D eigenvalue weighted by atomic mass is 31.2. The average Bonchev–Trinajstić information content (AvgIpc) is 2.98. The first-order valence-electron chi connectivity index (χ1n) is 7.89. The fourth-order valence-electron chi connectivity index (χ4n) is 3.37. The van der Waals surface area contributed by atoms with E-state index < -0.39 is 41.6 Å². The number of carbonyl (C=O) groups excluding carboxylic acids is 2. The number of cyclic esters (lactones) is 1. The van der Waals surface area contributed by atoms with E-state index in [4.69, 9.17) is 18.5 Å². The molecular weight excluding hydrogens is 335 g/mol. The number of esters is 2. The SMILES string of the molecule is C=C(C)COP1(=O)OC[C@]2(C)C[C@@]21C(=O)O[C@H]1C(=O)OCC1(C)C. The Kier molecular flexibility index (Phi) is 3.80. The summed E-state index contributed by atoms with van der Waals surface area (Å²) in [5, 5.41) is -1.34. The molecular formula is C16H23O7P. The lowest BCUT2D eigenvalue weighted by Gasteiger charge is -2.26. The lowest BCUT2D eigenvalue weighted by atomic mass is 9.90. The maximum atomic E-state index is 13.2. The van der Waals surface area contributed by atoms with Crippen molar-refractivity contribution in [3.8, 4) is 0 Å². The van der Waals surface area contributed by atoms with Gasteiger partial charge in [0, 0.05) is 10.8 Å². The summed E-state index contributed by atoms with van der Waals surface area (Å²) in [6.07, 6.45) is -0.659. The first-order valence-corrected chi connectivity index (χ1v) is 9.43. The van der Waals surface area contributed by atoms with Crippen LogP contribution in [0.2, 0.25) is 0 Å². The van der Waals surface area contributed by atoms with Gasteiger partial charge in [0.15, 0.2) is 5.16 Å². The van der Waals surface area contributed by atoms with Crippen LogP contribution in [0.4, 0.5) is 0 Å². The molecule has 7 nitrogen and oxygen atoms in total. The fourth-order valence-corrected chi connectivity index (χ4v) is 6.27. The van der Waals surface area contributed by atoms with Crippen molar-refractivity contribution < 1.29 is 32.7 Å². The maximum Gasteiger partial charge on any atom is 0.348 e. The van der Waals surface area contributed by atoms with E-state index in [2.05, 4.69) is 6.58 Å². The Morgan fingerprint density at radius 2 is 2.04 bits per heavy atom. The van der Waals surface area contributed by atoms with Gasteiger partial charge in [-0.2, -0.15) is 0 Å². The van der Waals surface area contributed by atoms with Crippen LogP contribution in [0.3, 0.4) is 0 Å². The van der Waals surface area contributed by atoms with E-state index >= 15 is 0 Å². The number of hydrogen-bond acceptors (Lipinski definition) is 7. The van der Waals surface area contributed by atoms with Crippen molar-refractivity contribution in [2.24, 2.45) is 10.8 Å². The summed E-state index contributed by atoms with van der Waals surface area (Å²) < 4.78 is 34.5. The molecule has 3 rings (SSSR count). The van der Waals surface area contributed by atoms with Crippen molar-refractivity contribution >= 4 is 19.5 Å². The van der Waals surface area contributed by atoms with Crippen molar-refractivity contribution in [1.82, 2.24) is 0 Å². The Labute approximate surface area is 141 Å². The summed E-state index contributed by atoms with van der Waals surface area (Å²) >= 11 is 0. The number of fused-ring (bicyclic) bond motifs is 1. The van der Waals surface area contributed by atoms with Gasteiger partial charge in [-0.05, 0) is 13.3 Å². The molecule has 2 aliphatic heterocycles. The van der Waals surface area contributed by atoms with Gasteiger partial charge in [0.2, 0.25) is 6.10 Å². The summed E-state index contributed by atoms with van der Waals surface area (Å²) in [4.78, 5) is 24.8. The van der Waals surface area contributed by atoms with E-state index in [9.17, 15) is 14.2 Å². The van der Waals surface area contributed by atoms with E-state index in [0.717, 1.165) is 0 Å². The molecule has 0 N–H and O–H groups in total. The van der Waals surface area contributed by atoms with Crippen LogP contribution in [-0.2, 0) is 32.7 Å². The Hall–Kier alpha value is -1.17. The topological polar surface area (TPSA) is 88.1 Å². The third kappa shape index (κ3) is 2.29. The maximum absolute atomic E-state index is 13.2. The predicted octanol–water partition coefficient (Wildman–Crippen LogP) is 2.45. The highest BCUT2D eigenvalue weighted by molar-refractivity contribution is 7.57. The minimum Gasteiger partial charge on any atom is -0.462 e. The van der Waals surface area contributed by atoms with Gasteiger partial charge in [0.05, 0.1) is 13.2 Å². The Bertz CT molecular complexity index is 669. The second-order valence-corrected chi connectivity index (χ2v) is 10.3. The second-order valence-electron chi connectivity index (χ2n) is 7.98. The molecule has 0 amide bonds. The Morgan fingerprint density at radius 3 is 2.54 bits per heavy atom. The van der Waals surface area contributed by atoms with Gasteiger partial charge in [-0.3, -0.25) is 9.36 Å². The van der Waals surface area contributed by atoms with Crippen LogP contribution in [0, 0.1) is 10.8 Å². The van der Waals surface area contributed by atoms with E-state index in [1.807, 2.05) is 6.92 Å². The number of ether oxygens (including phenoxy) is 2. The van der Waals surface area contributed by atoms with E-state index in [1.54, 1.807) is 20.8 Å². The summed E-state index contributed by atoms with van der Waals surface area (Å²) in [6.45, 7) is 11.2. The molecule has 0 aromatic heterocycles. The van der Waals surface area contributed by atoms with Gasteiger partial charge < -0.3 is 18.5 Å². The molecule has 0 spiro atoms. The van der Waals surface area contributed by atoms with Crippen LogP contribution in [0.25, 0.3) is 0 Å². The quantitative estimate of drug-likeness (QED) is 0.424. The molecule has 1 aliphatic carbocycles. The Morgan fingerprint density at radius 1 is 1.38 bits per heavy atom. The zero-order chi connectivity index (χ0) is 18.0. The third-order valence-corrected chi connectivity index (χ3v) is 7.85. The highest BCUT2D eigenvalue weighted by Gasteiger charge is 2.85. The minimum absolute atomic E-state index is 0.0410. The van der Waals surface area contributed by atoms with Crippen LogP contribution in [-0.4, -0.2) is 43.0 Å². The molecule has 2 saturated heterocycles. The number of carbonyl (C=O) groups is 2. The van der Waals surface area contributed by atoms with Crippen molar-refractivity contribution in [1.29, 1.82) is 0 Å². The van der Waals surface area contributed by atoms with Crippen LogP contribution in [0.5, 0.6) is 0 Å². The van der Waals surface area contributed by atoms with Crippen LogP contribution >= 0.6 is 7.60 Å². The van der Waals surface area contributed by atoms with Crippen molar-refractivity contribution in [3.05, 3.63) is 12.2 Å². The zero-order valence-electron chi connectivity index (χ0n) is 14.4. The van der Waals surface area contributed by atoms with Crippen molar-refractivity contribution in [2.45, 2.75) is 45.4 Å². The van der Waals surface area contributed by atoms with Gasteiger partial charge in [-0.1, -0.05) is 32.9 Å². The molecule has 0 aromatic carbocycles. The van der Waals surface area contributed by atoms with Crippen LogP contribution < -0.4 is 0 Å². The fraction of sp³-hybridized carbons (Fsp3) is 0.750. The molecule has 3 fully saturated rings. The highest BCUT2D eigenvalue weighted by Crippen LogP contribution is 2.85. The molecule has 1 saturated carbocycles. The molecule has 3 aliphatic rings. The van der Waals surface area contributed by atoms with Gasteiger partial charge in [0.25, 0.3) is 0 Å². The Balaban J connectivity index is 1.84. The molecule has 24 heavy (non-hydrogen) atoms. The van der Waals surface area contributed by atoms with E-state index in [-0.39, 0.29) is 19.8 Å². The van der Waals surface area contributed by atoms with Gasteiger partial charge in [-0.15, -0.1) is 0 Å². The van der Waals surface area contributed by atoms with Gasteiger partial charge in [0.1, 0.15) is 6.61 Å². The van der Waals surface area contributed by atoms with E-state index in [0.29, 0.717) is 12.0 Å². The monoisotopic (exact) mass is 358 g/mol. The number of rotatable bonds is 5. The van der Waals surface area contributed by atoms with Crippen LogP contribution in [0.15, 0.2) is 12.2 Å². The standard InChI is InChI=1S/C16H23O7P/c1-10(2)6-21-24(19)16(7-15(16,5)9-22-24)13(18)23-11-12(17)20-8-14(11,3)4/h11H,1,6-9H2,2-5H3/t11-,15-,16+,24?/m0/s1. The predicted molar refractivity (Wildman–Crippen MR) is 84.4 cm³/mol. The number of hydrogen-bond donors (Lipinski definition) is 0. The van der Waals surface area contributed by atoms with Crippen LogP contribution in [0.1, 0.15) is 34.1 Å². The molecule has 0 radical (unpaired) electrons. The summed E-state index contributed by atoms with van der Waals surface area (Å²) in [5.41, 5.74) is -0.551. The second kappa shape index (κ2) is 5.16. The van der Waals surface area contributed by atoms with Gasteiger partial charge in [-0.25, -0.2) is 4.79 Å². The van der Waals surface area contributed by atoms with Crippen molar-refractivity contribution in [3.63, 3.8) is 0 Å². The lowest BCUT2D eigenvalue weighted by Crippen LogP contribution is -2.40. The van der Waals surface area contributed by atoms with Crippen molar-refractivity contribution in [2.75, 3.05) is 19.8 Å². The zero-order valence-corrected chi connectivity index (χ0v) is 15.3.